The van der Waals surface area contributed by atoms with Crippen molar-refractivity contribution < 1.29 is 9.53 Å². The lowest BCUT2D eigenvalue weighted by molar-refractivity contribution is -0.128. The molecule has 0 spiro atoms. The quantitative estimate of drug-likeness (QED) is 0.640. The summed E-state index contributed by atoms with van der Waals surface area (Å²) < 4.78 is 5.37. The molecule has 1 aliphatic heterocycles. The molecule has 1 atom stereocenters. The van der Waals surface area contributed by atoms with Crippen LogP contribution < -0.4 is 0 Å². The zero-order valence-electron chi connectivity index (χ0n) is 9.12. The molecule has 0 bridgehead atoms. The van der Waals surface area contributed by atoms with Gasteiger partial charge in [0, 0.05) is 33.3 Å². The van der Waals surface area contributed by atoms with Crippen LogP contribution >= 0.6 is 0 Å². The highest BCUT2D eigenvalue weighted by Crippen LogP contribution is 2.13. The molecule has 4 nitrogen and oxygen atoms in total. The van der Waals surface area contributed by atoms with Crippen LogP contribution in [0.2, 0.25) is 0 Å². The number of ether oxygens (including phenoxy) is 1. The van der Waals surface area contributed by atoms with Gasteiger partial charge in [-0.3, -0.25) is 4.79 Å². The first-order valence-corrected chi connectivity index (χ1v) is 4.72. The molecule has 0 aliphatic carbocycles. The molecule has 0 aromatic rings. The maximum atomic E-state index is 11.0. The number of amides is 1. The molecule has 14 heavy (non-hydrogen) atoms. The Morgan fingerprint density at radius 2 is 2.43 bits per heavy atom. The topological polar surface area (TPSA) is 32.8 Å². The van der Waals surface area contributed by atoms with Gasteiger partial charge in [-0.1, -0.05) is 6.58 Å². The molecule has 0 N–H and O–H groups in total. The van der Waals surface area contributed by atoms with Gasteiger partial charge >= 0.3 is 0 Å². The van der Waals surface area contributed by atoms with Crippen molar-refractivity contribution in [2.24, 2.45) is 0 Å². The molecule has 0 aromatic carbocycles. The van der Waals surface area contributed by atoms with Crippen molar-refractivity contribution in [1.82, 2.24) is 9.80 Å². The van der Waals surface area contributed by atoms with Crippen LogP contribution in [0, 0.1) is 0 Å². The predicted octanol–water partition coefficient (Wildman–Crippen LogP) is 0.309. The summed E-state index contributed by atoms with van der Waals surface area (Å²) in [5.74, 6) is 0.0783. The number of carbonyl (C=O) groups excluding carboxylic acids is 1. The number of carbonyl (C=O) groups is 1. The first kappa shape index (κ1) is 11.0. The Morgan fingerprint density at radius 1 is 1.79 bits per heavy atom. The van der Waals surface area contributed by atoms with Crippen LogP contribution in [0.25, 0.3) is 0 Å². The van der Waals surface area contributed by atoms with E-state index in [-0.39, 0.29) is 11.9 Å². The highest BCUT2D eigenvalue weighted by Gasteiger charge is 2.23. The number of hydrogen-bond acceptors (Lipinski definition) is 3. The van der Waals surface area contributed by atoms with E-state index in [0.717, 1.165) is 5.70 Å². The SMILES string of the molecule is C=C1COCC(CN(C)C(C)=O)N1C. The molecule has 1 fully saturated rings. The molecule has 0 radical (unpaired) electrons. The lowest BCUT2D eigenvalue weighted by Gasteiger charge is -2.37. The maximum absolute atomic E-state index is 11.0. The molecule has 1 heterocycles. The van der Waals surface area contributed by atoms with Gasteiger partial charge in [0.15, 0.2) is 0 Å². The van der Waals surface area contributed by atoms with Crippen molar-refractivity contribution >= 4 is 5.91 Å². The Kier molecular flexibility index (Phi) is 3.52. The van der Waals surface area contributed by atoms with Crippen molar-refractivity contribution in [3.63, 3.8) is 0 Å². The van der Waals surface area contributed by atoms with E-state index in [4.69, 9.17) is 4.74 Å². The summed E-state index contributed by atoms with van der Waals surface area (Å²) in [7, 11) is 3.79. The standard InChI is InChI=1S/C10H18N2O2/c1-8-6-14-7-10(12(8)4)5-11(3)9(2)13/h10H,1,5-7H2,2-4H3. The summed E-state index contributed by atoms with van der Waals surface area (Å²) in [5.41, 5.74) is 0.971. The first-order valence-electron chi connectivity index (χ1n) is 4.72. The number of hydrogen-bond donors (Lipinski definition) is 0. The maximum Gasteiger partial charge on any atom is 0.219 e. The van der Waals surface area contributed by atoms with E-state index in [1.54, 1.807) is 18.9 Å². The largest absolute Gasteiger partial charge is 0.373 e. The summed E-state index contributed by atoms with van der Waals surface area (Å²) in [6.45, 7) is 7.40. The van der Waals surface area contributed by atoms with E-state index in [9.17, 15) is 4.79 Å². The van der Waals surface area contributed by atoms with Gasteiger partial charge in [-0.2, -0.15) is 0 Å². The van der Waals surface area contributed by atoms with Gasteiger partial charge in [0.05, 0.1) is 19.3 Å². The Hall–Kier alpha value is -1.03. The Morgan fingerprint density at radius 3 is 3.00 bits per heavy atom. The van der Waals surface area contributed by atoms with Crippen LogP contribution in [0.4, 0.5) is 0 Å². The van der Waals surface area contributed by atoms with E-state index in [0.29, 0.717) is 19.8 Å². The van der Waals surface area contributed by atoms with Gasteiger partial charge < -0.3 is 14.5 Å². The Labute approximate surface area is 85.1 Å². The fraction of sp³-hybridized carbons (Fsp3) is 0.700. The Balaban J connectivity index is 2.51. The van der Waals surface area contributed by atoms with Crippen molar-refractivity contribution in [2.45, 2.75) is 13.0 Å². The third-order valence-electron chi connectivity index (χ3n) is 2.65. The summed E-state index contributed by atoms with van der Waals surface area (Å²) in [6, 6.07) is 0.227. The number of nitrogens with zero attached hydrogens (tertiary/aromatic N) is 2. The van der Waals surface area contributed by atoms with Gasteiger partial charge in [0.25, 0.3) is 0 Å². The fourth-order valence-corrected chi connectivity index (χ4v) is 1.40. The van der Waals surface area contributed by atoms with Crippen molar-refractivity contribution in [3.05, 3.63) is 12.3 Å². The summed E-state index contributed by atoms with van der Waals surface area (Å²) in [6.07, 6.45) is 0. The van der Waals surface area contributed by atoms with Gasteiger partial charge in [-0.05, 0) is 0 Å². The van der Waals surface area contributed by atoms with Crippen molar-refractivity contribution in [3.8, 4) is 0 Å². The highest BCUT2D eigenvalue weighted by atomic mass is 16.5. The average molecular weight is 198 g/mol. The minimum Gasteiger partial charge on any atom is -0.373 e. The van der Waals surface area contributed by atoms with Crippen molar-refractivity contribution in [2.75, 3.05) is 33.9 Å². The zero-order chi connectivity index (χ0) is 10.7. The molecule has 0 aromatic heterocycles. The van der Waals surface area contributed by atoms with Gasteiger partial charge in [-0.15, -0.1) is 0 Å². The summed E-state index contributed by atoms with van der Waals surface area (Å²) in [4.78, 5) is 14.8. The second kappa shape index (κ2) is 4.46. The highest BCUT2D eigenvalue weighted by molar-refractivity contribution is 5.72. The van der Waals surface area contributed by atoms with Crippen LogP contribution in [-0.2, 0) is 9.53 Å². The van der Waals surface area contributed by atoms with Gasteiger partial charge in [0.2, 0.25) is 5.91 Å². The number of morpholine rings is 1. The summed E-state index contributed by atoms with van der Waals surface area (Å²) >= 11 is 0. The van der Waals surface area contributed by atoms with E-state index in [1.165, 1.54) is 0 Å². The molecule has 0 saturated carbocycles. The zero-order valence-corrected chi connectivity index (χ0v) is 9.12. The molecular weight excluding hydrogens is 180 g/mol. The van der Waals surface area contributed by atoms with E-state index in [1.807, 2.05) is 7.05 Å². The monoisotopic (exact) mass is 198 g/mol. The van der Waals surface area contributed by atoms with Gasteiger partial charge in [0.1, 0.15) is 0 Å². The molecule has 1 amide bonds. The lowest BCUT2D eigenvalue weighted by atomic mass is 10.2. The lowest BCUT2D eigenvalue weighted by Crippen LogP contribution is -2.48. The Bertz CT molecular complexity index is 240. The number of rotatable bonds is 2. The van der Waals surface area contributed by atoms with Crippen LogP contribution in [0.3, 0.4) is 0 Å². The van der Waals surface area contributed by atoms with E-state index in [2.05, 4.69) is 11.5 Å². The third-order valence-corrected chi connectivity index (χ3v) is 2.65. The third kappa shape index (κ3) is 2.48. The number of likely N-dealkylation sites (N-methyl/N-ethyl adjacent to an activating group) is 2. The molecular formula is C10H18N2O2. The summed E-state index contributed by atoms with van der Waals surface area (Å²) in [5, 5.41) is 0. The minimum absolute atomic E-state index is 0.0783. The second-order valence-electron chi connectivity index (χ2n) is 3.75. The normalized spacial score (nSPS) is 22.4. The molecule has 1 aliphatic rings. The smallest absolute Gasteiger partial charge is 0.219 e. The van der Waals surface area contributed by atoms with Gasteiger partial charge in [-0.25, -0.2) is 0 Å². The molecule has 1 unspecified atom stereocenters. The molecule has 80 valence electrons. The molecule has 1 saturated heterocycles. The van der Waals surface area contributed by atoms with Crippen LogP contribution in [0.1, 0.15) is 6.92 Å². The molecule has 1 rings (SSSR count). The van der Waals surface area contributed by atoms with Crippen LogP contribution in [0.15, 0.2) is 12.3 Å². The average Bonchev–Trinajstić information content (AvgIpc) is 2.12. The van der Waals surface area contributed by atoms with Crippen LogP contribution in [-0.4, -0.2) is 55.6 Å². The first-order chi connectivity index (χ1) is 6.52. The minimum atomic E-state index is 0.0783. The van der Waals surface area contributed by atoms with Crippen molar-refractivity contribution in [1.29, 1.82) is 0 Å². The fourth-order valence-electron chi connectivity index (χ4n) is 1.40. The second-order valence-corrected chi connectivity index (χ2v) is 3.75. The van der Waals surface area contributed by atoms with E-state index < -0.39 is 0 Å². The molecule has 4 heteroatoms. The van der Waals surface area contributed by atoms with Crippen LogP contribution in [0.5, 0.6) is 0 Å². The predicted molar refractivity (Wildman–Crippen MR) is 54.8 cm³/mol. The van der Waals surface area contributed by atoms with E-state index >= 15 is 0 Å².